The van der Waals surface area contributed by atoms with E-state index in [1.807, 2.05) is 6.92 Å². The number of piperidine rings is 1. The number of carbonyl (C=O) groups is 1. The quantitative estimate of drug-likeness (QED) is 0.812. The number of hydrogen-bond donors (Lipinski definition) is 2. The molecular weight excluding hydrogens is 314 g/mol. The highest BCUT2D eigenvalue weighted by atomic mass is 35.5. The zero-order valence-corrected chi connectivity index (χ0v) is 15.1. The number of carbonyl (C=O) groups excluding carboxylic acids is 1. The van der Waals surface area contributed by atoms with Gasteiger partial charge in [-0.05, 0) is 38.5 Å². The number of halogens is 1. The number of rotatable bonds is 4. The van der Waals surface area contributed by atoms with Gasteiger partial charge in [0.05, 0.1) is 12.7 Å². The van der Waals surface area contributed by atoms with Gasteiger partial charge >= 0.3 is 0 Å². The Labute approximate surface area is 146 Å². The molecular formula is C17H32ClN3O2. The molecule has 0 unspecified atom stereocenters. The van der Waals surface area contributed by atoms with Gasteiger partial charge in [-0.3, -0.25) is 4.79 Å². The van der Waals surface area contributed by atoms with E-state index in [1.165, 1.54) is 32.2 Å². The molecule has 3 aliphatic rings. The van der Waals surface area contributed by atoms with Gasteiger partial charge in [0, 0.05) is 32.2 Å². The standard InChI is InChI=1S/C17H31N3O2.ClH/c1-13-16(18-8-11-22-13)17(21)19-15-6-9-20(10-7-15)12-14-4-2-3-5-14;/h13-16,18H,2-12H2,1H3,(H,19,21);1H/t13-,16+;/m1./s1. The maximum absolute atomic E-state index is 12.4. The lowest BCUT2D eigenvalue weighted by molar-refractivity contribution is -0.130. The molecule has 2 atom stereocenters. The normalized spacial score (nSPS) is 30.8. The van der Waals surface area contributed by atoms with Crippen LogP contribution in [-0.2, 0) is 9.53 Å². The van der Waals surface area contributed by atoms with Crippen LogP contribution in [-0.4, -0.2) is 61.8 Å². The van der Waals surface area contributed by atoms with Gasteiger partial charge in [-0.2, -0.15) is 0 Å². The van der Waals surface area contributed by atoms with E-state index >= 15 is 0 Å². The van der Waals surface area contributed by atoms with Gasteiger partial charge in [0.1, 0.15) is 6.04 Å². The molecule has 0 aromatic rings. The number of nitrogens with zero attached hydrogens (tertiary/aromatic N) is 1. The van der Waals surface area contributed by atoms with Gasteiger partial charge in [-0.25, -0.2) is 0 Å². The van der Waals surface area contributed by atoms with Crippen molar-refractivity contribution in [2.45, 2.75) is 63.6 Å². The molecule has 0 bridgehead atoms. The monoisotopic (exact) mass is 345 g/mol. The van der Waals surface area contributed by atoms with Gasteiger partial charge in [-0.15, -0.1) is 12.4 Å². The highest BCUT2D eigenvalue weighted by molar-refractivity contribution is 5.85. The van der Waals surface area contributed by atoms with Crippen molar-refractivity contribution >= 4 is 18.3 Å². The van der Waals surface area contributed by atoms with E-state index in [-0.39, 0.29) is 30.5 Å². The summed E-state index contributed by atoms with van der Waals surface area (Å²) >= 11 is 0. The molecule has 2 N–H and O–H groups in total. The predicted octanol–water partition coefficient (Wildman–Crippen LogP) is 1.56. The van der Waals surface area contributed by atoms with Crippen LogP contribution in [0.15, 0.2) is 0 Å². The molecule has 1 aliphatic carbocycles. The lowest BCUT2D eigenvalue weighted by atomic mass is 10.0. The Morgan fingerprint density at radius 3 is 2.57 bits per heavy atom. The molecule has 2 heterocycles. The third-order valence-corrected chi connectivity index (χ3v) is 5.52. The molecule has 23 heavy (non-hydrogen) atoms. The van der Waals surface area contributed by atoms with Crippen LogP contribution in [0.4, 0.5) is 0 Å². The van der Waals surface area contributed by atoms with Gasteiger partial charge < -0.3 is 20.3 Å². The molecule has 0 spiro atoms. The van der Waals surface area contributed by atoms with Crippen LogP contribution >= 0.6 is 12.4 Å². The minimum absolute atomic E-state index is 0. The third-order valence-electron chi connectivity index (χ3n) is 5.52. The average Bonchev–Trinajstić information content (AvgIpc) is 3.02. The molecule has 1 saturated carbocycles. The van der Waals surface area contributed by atoms with Crippen molar-refractivity contribution in [3.05, 3.63) is 0 Å². The van der Waals surface area contributed by atoms with Gasteiger partial charge in [-0.1, -0.05) is 12.8 Å². The lowest BCUT2D eigenvalue weighted by Gasteiger charge is -2.35. The summed E-state index contributed by atoms with van der Waals surface area (Å²) in [6, 6.07) is 0.147. The first-order chi connectivity index (χ1) is 10.7. The Bertz CT molecular complexity index is 369. The molecule has 0 aromatic heterocycles. The Kier molecular flexibility index (Phi) is 7.60. The number of hydrogen-bond acceptors (Lipinski definition) is 4. The van der Waals surface area contributed by atoms with Crippen molar-refractivity contribution in [1.82, 2.24) is 15.5 Å². The summed E-state index contributed by atoms with van der Waals surface area (Å²) < 4.78 is 5.56. The fraction of sp³-hybridized carbons (Fsp3) is 0.941. The van der Waals surface area contributed by atoms with Gasteiger partial charge in [0.2, 0.25) is 5.91 Å². The van der Waals surface area contributed by atoms with Crippen LogP contribution in [0.2, 0.25) is 0 Å². The molecule has 134 valence electrons. The van der Waals surface area contributed by atoms with Crippen LogP contribution < -0.4 is 10.6 Å². The second kappa shape index (κ2) is 9.21. The van der Waals surface area contributed by atoms with Crippen LogP contribution in [0, 0.1) is 5.92 Å². The van der Waals surface area contributed by atoms with Crippen molar-refractivity contribution in [3.8, 4) is 0 Å². The van der Waals surface area contributed by atoms with E-state index in [1.54, 1.807) is 0 Å². The van der Waals surface area contributed by atoms with Crippen LogP contribution in [0.3, 0.4) is 0 Å². The molecule has 2 saturated heterocycles. The van der Waals surface area contributed by atoms with E-state index in [4.69, 9.17) is 4.74 Å². The highest BCUT2D eigenvalue weighted by Crippen LogP contribution is 2.26. The zero-order valence-electron chi connectivity index (χ0n) is 14.3. The Morgan fingerprint density at radius 2 is 1.91 bits per heavy atom. The maximum atomic E-state index is 12.4. The molecule has 0 aromatic carbocycles. The average molecular weight is 346 g/mol. The third kappa shape index (κ3) is 5.31. The lowest BCUT2D eigenvalue weighted by Crippen LogP contribution is -2.58. The van der Waals surface area contributed by atoms with E-state index in [2.05, 4.69) is 15.5 Å². The van der Waals surface area contributed by atoms with Crippen LogP contribution in [0.25, 0.3) is 0 Å². The fourth-order valence-corrected chi connectivity index (χ4v) is 4.14. The minimum atomic E-state index is -0.190. The fourth-order valence-electron chi connectivity index (χ4n) is 4.14. The van der Waals surface area contributed by atoms with Crippen LogP contribution in [0.5, 0.6) is 0 Å². The summed E-state index contributed by atoms with van der Waals surface area (Å²) in [6.07, 6.45) is 7.82. The van der Waals surface area contributed by atoms with Crippen molar-refractivity contribution in [2.75, 3.05) is 32.8 Å². The molecule has 5 nitrogen and oxygen atoms in total. The molecule has 2 aliphatic heterocycles. The first kappa shape index (κ1) is 19.0. The summed E-state index contributed by atoms with van der Waals surface area (Å²) in [4.78, 5) is 15.0. The second-order valence-electron chi connectivity index (χ2n) is 7.24. The largest absolute Gasteiger partial charge is 0.375 e. The summed E-state index contributed by atoms with van der Waals surface area (Å²) in [6.45, 7) is 6.97. The smallest absolute Gasteiger partial charge is 0.240 e. The first-order valence-electron chi connectivity index (χ1n) is 9.10. The molecule has 6 heteroatoms. The SMILES string of the molecule is C[C@H]1OCCN[C@@H]1C(=O)NC1CCN(CC2CCCC2)CC1.Cl. The van der Waals surface area contributed by atoms with Crippen molar-refractivity contribution in [2.24, 2.45) is 5.92 Å². The number of nitrogens with one attached hydrogen (secondary N) is 2. The van der Waals surface area contributed by atoms with Gasteiger partial charge in [0.25, 0.3) is 0 Å². The van der Waals surface area contributed by atoms with E-state index < -0.39 is 0 Å². The van der Waals surface area contributed by atoms with Crippen molar-refractivity contribution in [3.63, 3.8) is 0 Å². The number of amides is 1. The summed E-state index contributed by atoms with van der Waals surface area (Å²) in [7, 11) is 0. The first-order valence-corrected chi connectivity index (χ1v) is 9.10. The minimum Gasteiger partial charge on any atom is -0.375 e. The number of morpholine rings is 1. The summed E-state index contributed by atoms with van der Waals surface area (Å²) in [5.41, 5.74) is 0. The number of ether oxygens (including phenoxy) is 1. The van der Waals surface area contributed by atoms with E-state index in [0.29, 0.717) is 12.6 Å². The second-order valence-corrected chi connectivity index (χ2v) is 7.24. The molecule has 1 amide bonds. The molecule has 0 radical (unpaired) electrons. The Morgan fingerprint density at radius 1 is 1.22 bits per heavy atom. The van der Waals surface area contributed by atoms with E-state index in [9.17, 15) is 4.79 Å². The van der Waals surface area contributed by atoms with Crippen molar-refractivity contribution < 1.29 is 9.53 Å². The molecule has 3 rings (SSSR count). The topological polar surface area (TPSA) is 53.6 Å². The Balaban J connectivity index is 0.00000192. The predicted molar refractivity (Wildman–Crippen MR) is 94.0 cm³/mol. The summed E-state index contributed by atoms with van der Waals surface area (Å²) in [5.74, 6) is 1.04. The highest BCUT2D eigenvalue weighted by Gasteiger charge is 2.31. The number of likely N-dealkylation sites (tertiary alicyclic amines) is 1. The summed E-state index contributed by atoms with van der Waals surface area (Å²) in [5, 5.41) is 6.49. The van der Waals surface area contributed by atoms with Crippen LogP contribution in [0.1, 0.15) is 45.4 Å². The zero-order chi connectivity index (χ0) is 15.4. The maximum Gasteiger partial charge on any atom is 0.240 e. The van der Waals surface area contributed by atoms with Gasteiger partial charge in [0.15, 0.2) is 0 Å². The van der Waals surface area contributed by atoms with Crippen molar-refractivity contribution in [1.29, 1.82) is 0 Å². The molecule has 3 fully saturated rings. The Hall–Kier alpha value is -0.360. The van der Waals surface area contributed by atoms with E-state index in [0.717, 1.165) is 38.4 Å².